The Labute approximate surface area is 172 Å². The number of nitrogens with two attached hydrogens (primary N) is 1. The first-order valence-corrected chi connectivity index (χ1v) is 9.54. The van der Waals surface area contributed by atoms with Crippen molar-refractivity contribution < 1.29 is 34.4 Å². The van der Waals surface area contributed by atoms with E-state index in [9.17, 15) is 24.9 Å². The van der Waals surface area contributed by atoms with Gasteiger partial charge in [0.25, 0.3) is 11.8 Å². The molecule has 158 valence electrons. The zero-order valence-electron chi connectivity index (χ0n) is 15.9. The normalized spacial score (nSPS) is 25.0. The lowest BCUT2D eigenvalue weighted by Gasteiger charge is -2.38. The van der Waals surface area contributed by atoms with Gasteiger partial charge < -0.3 is 35.8 Å². The number of rotatable bonds is 4. The van der Waals surface area contributed by atoms with E-state index < -0.39 is 35.8 Å². The zero-order valence-corrected chi connectivity index (χ0v) is 15.9. The highest BCUT2D eigenvalue weighted by Crippen LogP contribution is 2.48. The molecule has 4 rings (SSSR count). The van der Waals surface area contributed by atoms with Crippen LogP contribution in [0.15, 0.2) is 36.4 Å². The Bertz CT molecular complexity index is 979. The molecule has 4 unspecified atom stereocenters. The van der Waals surface area contributed by atoms with E-state index in [0.29, 0.717) is 11.1 Å². The van der Waals surface area contributed by atoms with E-state index in [1.54, 1.807) is 30.3 Å². The second-order valence-electron chi connectivity index (χ2n) is 7.45. The van der Waals surface area contributed by atoms with Crippen molar-refractivity contribution in [1.82, 2.24) is 5.32 Å². The maximum Gasteiger partial charge on any atom is 0.252 e. The molecular formula is C21H22N2O7. The van der Waals surface area contributed by atoms with Crippen LogP contribution in [-0.4, -0.2) is 52.2 Å². The second-order valence-corrected chi connectivity index (χ2v) is 7.45. The van der Waals surface area contributed by atoms with Crippen LogP contribution in [0.1, 0.15) is 45.0 Å². The van der Waals surface area contributed by atoms with E-state index >= 15 is 0 Å². The topological polar surface area (TPSA) is 151 Å². The molecule has 1 saturated carbocycles. The summed E-state index contributed by atoms with van der Waals surface area (Å²) < 4.78 is 10.6. The van der Waals surface area contributed by atoms with Crippen LogP contribution in [0.3, 0.4) is 0 Å². The molecular weight excluding hydrogens is 392 g/mol. The van der Waals surface area contributed by atoms with Gasteiger partial charge in [0.1, 0.15) is 0 Å². The molecule has 1 fully saturated rings. The lowest BCUT2D eigenvalue weighted by atomic mass is 9.75. The number of amides is 2. The summed E-state index contributed by atoms with van der Waals surface area (Å²) in [5, 5.41) is 33.9. The molecule has 9 heteroatoms. The van der Waals surface area contributed by atoms with Crippen molar-refractivity contribution >= 4 is 11.8 Å². The van der Waals surface area contributed by atoms with Crippen LogP contribution in [0, 0.1) is 0 Å². The van der Waals surface area contributed by atoms with Gasteiger partial charge in [-0.3, -0.25) is 9.59 Å². The molecule has 6 N–H and O–H groups in total. The monoisotopic (exact) mass is 414 g/mol. The predicted molar refractivity (Wildman–Crippen MR) is 104 cm³/mol. The van der Waals surface area contributed by atoms with Gasteiger partial charge in [0.05, 0.1) is 17.8 Å². The number of ether oxygens (including phenoxy) is 2. The molecule has 1 aliphatic carbocycles. The Morgan fingerprint density at radius 1 is 1.07 bits per heavy atom. The maximum absolute atomic E-state index is 12.7. The number of fused-ring (bicyclic) bond motifs is 1. The lowest BCUT2D eigenvalue weighted by Crippen LogP contribution is -2.49. The molecule has 2 aromatic carbocycles. The molecule has 2 amide bonds. The highest BCUT2D eigenvalue weighted by molar-refractivity contribution is 5.99. The Hall–Kier alpha value is -3.30. The minimum Gasteiger partial charge on any atom is -0.504 e. The molecule has 0 spiro atoms. The van der Waals surface area contributed by atoms with Gasteiger partial charge in [0.2, 0.25) is 12.5 Å². The summed E-state index contributed by atoms with van der Waals surface area (Å²) in [6.45, 7) is -0.120. The van der Waals surface area contributed by atoms with Crippen molar-refractivity contribution in [2.45, 2.75) is 37.0 Å². The molecule has 2 aliphatic rings. The Morgan fingerprint density at radius 3 is 2.47 bits per heavy atom. The van der Waals surface area contributed by atoms with Gasteiger partial charge >= 0.3 is 0 Å². The summed E-state index contributed by atoms with van der Waals surface area (Å²) >= 11 is 0. The van der Waals surface area contributed by atoms with Crippen LogP contribution in [0.5, 0.6) is 17.2 Å². The van der Waals surface area contributed by atoms with E-state index in [-0.39, 0.29) is 42.6 Å². The summed E-state index contributed by atoms with van der Waals surface area (Å²) in [6, 6.07) is 9.45. The van der Waals surface area contributed by atoms with Crippen molar-refractivity contribution in [3.8, 4) is 17.2 Å². The molecule has 0 aromatic heterocycles. The third kappa shape index (κ3) is 3.53. The first-order valence-electron chi connectivity index (χ1n) is 9.54. The smallest absolute Gasteiger partial charge is 0.252 e. The second kappa shape index (κ2) is 7.85. The van der Waals surface area contributed by atoms with Gasteiger partial charge in [-0.05, 0) is 36.6 Å². The number of phenols is 1. The minimum atomic E-state index is -1.08. The predicted octanol–water partition coefficient (Wildman–Crippen LogP) is 0.618. The molecule has 0 saturated heterocycles. The van der Waals surface area contributed by atoms with Crippen molar-refractivity contribution in [2.24, 2.45) is 5.73 Å². The van der Waals surface area contributed by atoms with E-state index in [0.717, 1.165) is 0 Å². The largest absolute Gasteiger partial charge is 0.504 e. The first kappa shape index (κ1) is 20.0. The lowest BCUT2D eigenvalue weighted by molar-refractivity contribution is -0.0248. The number of nitrogens with one attached hydrogen (secondary N) is 1. The molecule has 1 aliphatic heterocycles. The van der Waals surface area contributed by atoms with Crippen molar-refractivity contribution in [1.29, 1.82) is 0 Å². The van der Waals surface area contributed by atoms with E-state index in [1.807, 2.05) is 0 Å². The van der Waals surface area contributed by atoms with E-state index in [2.05, 4.69) is 5.32 Å². The molecule has 4 atom stereocenters. The van der Waals surface area contributed by atoms with Gasteiger partial charge in [0.15, 0.2) is 11.5 Å². The van der Waals surface area contributed by atoms with Crippen LogP contribution in [0.25, 0.3) is 0 Å². The van der Waals surface area contributed by atoms with Crippen LogP contribution in [-0.2, 0) is 0 Å². The molecule has 0 radical (unpaired) electrons. The number of carbonyl (C=O) groups is 2. The summed E-state index contributed by atoms with van der Waals surface area (Å²) in [4.78, 5) is 24.9. The van der Waals surface area contributed by atoms with Crippen molar-refractivity contribution in [3.63, 3.8) is 0 Å². The van der Waals surface area contributed by atoms with Gasteiger partial charge in [-0.15, -0.1) is 0 Å². The number of primary amides is 1. The first-order chi connectivity index (χ1) is 14.4. The summed E-state index contributed by atoms with van der Waals surface area (Å²) in [5.41, 5.74) is 6.11. The standard InChI is InChI=1S/C21H22N2O7/c22-20(27)17-12(7-16-19(18(17)26)30-9-29-16)11-6-14(24)15(25)8-13(11)23-21(28)10-4-2-1-3-5-10/h1-5,7,11,13-15,24-26H,6,8-9H2,(H2,22,27)(H,23,28). The average Bonchev–Trinajstić information content (AvgIpc) is 3.20. The Balaban J connectivity index is 1.74. The third-order valence-corrected chi connectivity index (χ3v) is 5.59. The fourth-order valence-corrected chi connectivity index (χ4v) is 4.10. The molecule has 1 heterocycles. The number of hydrogen-bond acceptors (Lipinski definition) is 7. The fraction of sp³-hybridized carbons (Fsp3) is 0.333. The van der Waals surface area contributed by atoms with Gasteiger partial charge in [0, 0.05) is 17.5 Å². The van der Waals surface area contributed by atoms with E-state index in [1.165, 1.54) is 6.07 Å². The third-order valence-electron chi connectivity index (χ3n) is 5.59. The van der Waals surface area contributed by atoms with Crippen LogP contribution < -0.4 is 20.5 Å². The highest BCUT2D eigenvalue weighted by Gasteiger charge is 2.40. The Morgan fingerprint density at radius 2 is 1.77 bits per heavy atom. The Kier molecular flexibility index (Phi) is 5.23. The average molecular weight is 414 g/mol. The SMILES string of the molecule is NC(=O)c1c(C2CC(O)C(O)CC2NC(=O)c2ccccc2)cc2c(c1O)OCO2. The van der Waals surface area contributed by atoms with Crippen molar-refractivity contribution in [3.05, 3.63) is 53.1 Å². The fourth-order valence-electron chi connectivity index (χ4n) is 4.10. The maximum atomic E-state index is 12.7. The van der Waals surface area contributed by atoms with Gasteiger partial charge in [-0.1, -0.05) is 18.2 Å². The molecule has 30 heavy (non-hydrogen) atoms. The summed E-state index contributed by atoms with van der Waals surface area (Å²) in [5.74, 6) is -2.04. The highest BCUT2D eigenvalue weighted by atomic mass is 16.7. The minimum absolute atomic E-state index is 0.0220. The number of carbonyl (C=O) groups excluding carboxylic acids is 2. The van der Waals surface area contributed by atoms with Crippen molar-refractivity contribution in [2.75, 3.05) is 6.79 Å². The van der Waals surface area contributed by atoms with Gasteiger partial charge in [-0.2, -0.15) is 0 Å². The van der Waals surface area contributed by atoms with Crippen LogP contribution in [0.4, 0.5) is 0 Å². The van der Waals surface area contributed by atoms with E-state index in [4.69, 9.17) is 15.2 Å². The molecule has 2 aromatic rings. The summed E-state index contributed by atoms with van der Waals surface area (Å²) in [7, 11) is 0. The quantitative estimate of drug-likeness (QED) is 0.492. The zero-order chi connectivity index (χ0) is 21.4. The molecule has 9 nitrogen and oxygen atoms in total. The number of aromatic hydroxyl groups is 1. The number of benzene rings is 2. The number of aliphatic hydroxyl groups excluding tert-OH is 2. The van der Waals surface area contributed by atoms with Gasteiger partial charge in [-0.25, -0.2) is 0 Å². The summed E-state index contributed by atoms with van der Waals surface area (Å²) in [6.07, 6.45) is -2.03. The number of hydrogen-bond donors (Lipinski definition) is 5. The van der Waals surface area contributed by atoms with Crippen LogP contribution in [0.2, 0.25) is 0 Å². The number of aliphatic hydroxyl groups is 2. The van der Waals surface area contributed by atoms with Crippen LogP contribution >= 0.6 is 0 Å². The molecule has 0 bridgehead atoms.